The molecule has 0 radical (unpaired) electrons. The molecule has 56 heavy (non-hydrogen) atoms. The molecule has 0 aliphatic carbocycles. The molecular weight excluding hydrogens is 725 g/mol. The van der Waals surface area contributed by atoms with Crippen molar-refractivity contribution >= 4 is 19.8 Å². The molecule has 10 heteroatoms. The number of nitrogens with zero attached hydrogens (tertiary/aromatic N) is 1. The van der Waals surface area contributed by atoms with E-state index in [2.05, 4.69) is 68.5 Å². The van der Waals surface area contributed by atoms with Crippen molar-refractivity contribution in [3.8, 4) is 0 Å². The lowest BCUT2D eigenvalue weighted by Gasteiger charge is -2.24. The highest BCUT2D eigenvalue weighted by Gasteiger charge is 2.27. The highest BCUT2D eigenvalue weighted by Crippen LogP contribution is 2.43. The van der Waals surface area contributed by atoms with Gasteiger partial charge in [-0.25, -0.2) is 4.57 Å². The van der Waals surface area contributed by atoms with Crippen molar-refractivity contribution in [3.63, 3.8) is 0 Å². The molecule has 0 aromatic carbocycles. The maximum Gasteiger partial charge on any atom is 0.472 e. The van der Waals surface area contributed by atoms with E-state index in [1.54, 1.807) is 0 Å². The van der Waals surface area contributed by atoms with Crippen LogP contribution < -0.4 is 0 Å². The summed E-state index contributed by atoms with van der Waals surface area (Å²) in [5.74, 6) is -0.878. The average Bonchev–Trinajstić information content (AvgIpc) is 3.15. The monoisotopic (exact) mass is 809 g/mol. The van der Waals surface area contributed by atoms with E-state index >= 15 is 0 Å². The minimum Gasteiger partial charge on any atom is -0.462 e. The van der Waals surface area contributed by atoms with Crippen LogP contribution in [0.1, 0.15) is 168 Å². The Morgan fingerprint density at radius 3 is 1.54 bits per heavy atom. The molecule has 0 fully saturated rings. The van der Waals surface area contributed by atoms with Gasteiger partial charge in [0, 0.05) is 12.8 Å². The quantitative estimate of drug-likeness (QED) is 0.0215. The Morgan fingerprint density at radius 1 is 0.554 bits per heavy atom. The van der Waals surface area contributed by atoms with Crippen LogP contribution in [0.3, 0.4) is 0 Å². The fraction of sp³-hybridized carbons (Fsp3) is 0.739. The second-order valence-corrected chi connectivity index (χ2v) is 17.2. The van der Waals surface area contributed by atoms with E-state index in [0.29, 0.717) is 23.9 Å². The lowest BCUT2D eigenvalue weighted by Crippen LogP contribution is -2.37. The fourth-order valence-electron chi connectivity index (χ4n) is 5.53. The van der Waals surface area contributed by atoms with Gasteiger partial charge in [-0.05, 0) is 77.0 Å². The van der Waals surface area contributed by atoms with E-state index in [-0.39, 0.29) is 26.1 Å². The van der Waals surface area contributed by atoms with E-state index in [1.165, 1.54) is 70.6 Å². The largest absolute Gasteiger partial charge is 0.472 e. The van der Waals surface area contributed by atoms with Crippen molar-refractivity contribution in [1.29, 1.82) is 0 Å². The van der Waals surface area contributed by atoms with Crippen LogP contribution in [-0.4, -0.2) is 74.9 Å². The van der Waals surface area contributed by atoms with E-state index in [0.717, 1.165) is 57.8 Å². The van der Waals surface area contributed by atoms with Crippen molar-refractivity contribution < 1.29 is 42.1 Å². The number of esters is 2. The Kier molecular flexibility index (Phi) is 36.7. The molecule has 1 N–H and O–H groups in total. The van der Waals surface area contributed by atoms with Crippen LogP contribution in [0, 0.1) is 0 Å². The summed E-state index contributed by atoms with van der Waals surface area (Å²) in [6.07, 6.45) is 45.6. The zero-order valence-electron chi connectivity index (χ0n) is 36.3. The van der Waals surface area contributed by atoms with Crippen LogP contribution in [0.5, 0.6) is 0 Å². The van der Waals surface area contributed by atoms with Crippen molar-refractivity contribution in [2.45, 2.75) is 174 Å². The predicted molar refractivity (Wildman–Crippen MR) is 233 cm³/mol. The number of hydrogen-bond acceptors (Lipinski definition) is 7. The second kappa shape index (κ2) is 38.2. The van der Waals surface area contributed by atoms with Crippen LogP contribution in [0.4, 0.5) is 0 Å². The maximum atomic E-state index is 12.7. The first-order valence-electron chi connectivity index (χ1n) is 22.0. The van der Waals surface area contributed by atoms with Crippen molar-refractivity contribution in [1.82, 2.24) is 0 Å². The Hall–Kier alpha value is -2.29. The number of phosphoric acid groups is 1. The SMILES string of the molecule is CCCCC/C=C\C/C=C\C/C=C\C/C=C\CCCC(=O)O[C@H](COC(=O)CCCCCCC/C=C\CCCCCCCC)COP(=O)(O)OCC[N+](C)(C)C. The molecule has 0 aliphatic heterocycles. The molecule has 0 bridgehead atoms. The molecule has 0 aliphatic rings. The van der Waals surface area contributed by atoms with E-state index < -0.39 is 32.5 Å². The zero-order chi connectivity index (χ0) is 41.4. The highest BCUT2D eigenvalue weighted by atomic mass is 31.2. The van der Waals surface area contributed by atoms with E-state index in [9.17, 15) is 19.0 Å². The van der Waals surface area contributed by atoms with Crippen molar-refractivity contribution in [2.24, 2.45) is 0 Å². The Morgan fingerprint density at radius 2 is 0.982 bits per heavy atom. The number of phosphoric ester groups is 1. The molecule has 0 rings (SSSR count). The third kappa shape index (κ3) is 41.3. The van der Waals surface area contributed by atoms with Crippen molar-refractivity contribution in [2.75, 3.05) is 47.5 Å². The molecule has 2 atom stereocenters. The third-order valence-corrected chi connectivity index (χ3v) is 10.0. The van der Waals surface area contributed by atoms with Gasteiger partial charge in [0.2, 0.25) is 0 Å². The normalized spacial score (nSPS) is 14.2. The number of hydrogen-bond donors (Lipinski definition) is 1. The minimum atomic E-state index is -4.39. The molecule has 0 heterocycles. The number of carbonyl (C=O) groups excluding carboxylic acids is 2. The van der Waals surface area contributed by atoms with Gasteiger partial charge in [-0.3, -0.25) is 18.6 Å². The van der Waals surface area contributed by atoms with Crippen molar-refractivity contribution in [3.05, 3.63) is 60.8 Å². The zero-order valence-corrected chi connectivity index (χ0v) is 37.2. The minimum absolute atomic E-state index is 0.0180. The molecule has 0 saturated heterocycles. The van der Waals surface area contributed by atoms with E-state index in [1.807, 2.05) is 27.2 Å². The molecular formula is C46H83NO8P+. The first kappa shape index (κ1) is 53.7. The Bertz CT molecular complexity index is 1140. The number of carbonyl (C=O) groups is 2. The van der Waals surface area contributed by atoms with Crippen LogP contribution in [-0.2, 0) is 32.7 Å². The lowest BCUT2D eigenvalue weighted by atomic mass is 10.1. The number of rotatable bonds is 39. The van der Waals surface area contributed by atoms with Gasteiger partial charge in [-0.2, -0.15) is 0 Å². The summed E-state index contributed by atoms with van der Waals surface area (Å²) in [6.45, 7) is 4.30. The van der Waals surface area contributed by atoms with Crippen LogP contribution in [0.15, 0.2) is 60.8 Å². The molecule has 0 aromatic heterocycles. The van der Waals surface area contributed by atoms with Gasteiger partial charge in [0.1, 0.15) is 19.8 Å². The Labute approximate surface area is 343 Å². The highest BCUT2D eigenvalue weighted by molar-refractivity contribution is 7.47. The van der Waals surface area contributed by atoms with Crippen LogP contribution in [0.25, 0.3) is 0 Å². The molecule has 0 saturated carbocycles. The number of allylic oxidation sites excluding steroid dienone is 10. The molecule has 0 amide bonds. The van der Waals surface area contributed by atoms with Gasteiger partial charge < -0.3 is 18.9 Å². The third-order valence-electron chi connectivity index (χ3n) is 9.02. The standard InChI is InChI=1S/C46H82NO8P/c1-6-8-10-12-14-16-18-20-22-23-25-27-29-31-33-35-37-39-46(49)55-44(43-54-56(50,51)53-41-40-47(3,4)5)42-52-45(48)38-36-34-32-30-28-26-24-21-19-17-15-13-11-9-7-2/h14,16,20-22,24-25,27,31,33,44H,6-13,15,17-19,23,26,28-30,32,34-43H2,1-5H3/p+1/b16-14-,22-20-,24-21-,27-25-,33-31-/t44-/m1/s1. The Balaban J connectivity index is 4.49. The first-order chi connectivity index (χ1) is 27.0. The van der Waals surface area contributed by atoms with Gasteiger partial charge in [0.25, 0.3) is 0 Å². The summed E-state index contributed by atoms with van der Waals surface area (Å²) in [5, 5.41) is 0. The van der Waals surface area contributed by atoms with Gasteiger partial charge >= 0.3 is 19.8 Å². The average molecular weight is 809 g/mol. The van der Waals surface area contributed by atoms with Crippen LogP contribution >= 0.6 is 7.82 Å². The van der Waals surface area contributed by atoms with E-state index in [4.69, 9.17) is 18.5 Å². The summed E-state index contributed by atoms with van der Waals surface area (Å²) < 4.78 is 34.2. The van der Waals surface area contributed by atoms with Gasteiger partial charge in [-0.15, -0.1) is 0 Å². The second-order valence-electron chi connectivity index (χ2n) is 15.7. The molecule has 0 aromatic rings. The van der Waals surface area contributed by atoms with Gasteiger partial charge in [0.15, 0.2) is 6.10 Å². The summed E-state index contributed by atoms with van der Waals surface area (Å²) in [7, 11) is 1.43. The molecule has 0 spiro atoms. The summed E-state index contributed by atoms with van der Waals surface area (Å²) >= 11 is 0. The number of likely N-dealkylation sites (N-methyl/N-ethyl adjacent to an activating group) is 1. The number of quaternary nitrogens is 1. The fourth-order valence-corrected chi connectivity index (χ4v) is 6.27. The number of ether oxygens (including phenoxy) is 2. The predicted octanol–water partition coefficient (Wildman–Crippen LogP) is 12.5. The summed E-state index contributed by atoms with van der Waals surface area (Å²) in [5.41, 5.74) is 0. The molecule has 324 valence electrons. The lowest BCUT2D eigenvalue weighted by molar-refractivity contribution is -0.870. The first-order valence-corrected chi connectivity index (χ1v) is 23.5. The van der Waals surface area contributed by atoms with Crippen LogP contribution in [0.2, 0.25) is 0 Å². The number of unbranched alkanes of at least 4 members (excludes halogenated alkanes) is 15. The smallest absolute Gasteiger partial charge is 0.462 e. The molecule has 9 nitrogen and oxygen atoms in total. The van der Waals surface area contributed by atoms with Gasteiger partial charge in [-0.1, -0.05) is 139 Å². The summed E-state index contributed by atoms with van der Waals surface area (Å²) in [6, 6.07) is 0. The molecule has 1 unspecified atom stereocenters. The maximum absolute atomic E-state index is 12.7. The summed E-state index contributed by atoms with van der Waals surface area (Å²) in [4.78, 5) is 35.3. The van der Waals surface area contributed by atoms with Gasteiger partial charge in [0.05, 0.1) is 27.7 Å². The topological polar surface area (TPSA) is 108 Å².